The van der Waals surface area contributed by atoms with E-state index in [-0.39, 0.29) is 30.3 Å². The van der Waals surface area contributed by atoms with Crippen LogP contribution < -0.4 is 0 Å². The molecular formula is C15H22N2O5. The van der Waals surface area contributed by atoms with Gasteiger partial charge < -0.3 is 19.6 Å². The van der Waals surface area contributed by atoms with Crippen molar-refractivity contribution in [2.24, 2.45) is 11.8 Å². The third kappa shape index (κ3) is 3.09. The van der Waals surface area contributed by atoms with E-state index in [1.54, 1.807) is 4.90 Å². The molecule has 0 spiro atoms. The van der Waals surface area contributed by atoms with Crippen molar-refractivity contribution in [2.75, 3.05) is 32.8 Å². The van der Waals surface area contributed by atoms with Gasteiger partial charge >= 0.3 is 5.97 Å². The second kappa shape index (κ2) is 6.24. The molecule has 2 heterocycles. The van der Waals surface area contributed by atoms with Crippen molar-refractivity contribution < 1.29 is 24.2 Å². The average Bonchev–Trinajstić information content (AvgIpc) is 3.38. The van der Waals surface area contributed by atoms with Crippen molar-refractivity contribution >= 4 is 17.8 Å². The number of morpholine rings is 1. The Morgan fingerprint density at radius 1 is 1.00 bits per heavy atom. The molecule has 1 N–H and O–H groups in total. The van der Waals surface area contributed by atoms with Crippen molar-refractivity contribution in [3.63, 3.8) is 0 Å². The lowest BCUT2D eigenvalue weighted by molar-refractivity contribution is -0.161. The highest BCUT2D eigenvalue weighted by atomic mass is 16.5. The quantitative estimate of drug-likeness (QED) is 0.789. The second-order valence-electron chi connectivity index (χ2n) is 6.36. The fourth-order valence-corrected chi connectivity index (χ4v) is 3.27. The molecule has 22 heavy (non-hydrogen) atoms. The van der Waals surface area contributed by atoms with Crippen LogP contribution in [0.3, 0.4) is 0 Å². The molecule has 3 rings (SSSR count). The molecule has 3 aliphatic rings. The summed E-state index contributed by atoms with van der Waals surface area (Å²) in [6, 6.07) is -0.907. The lowest BCUT2D eigenvalue weighted by Gasteiger charge is -2.38. The molecule has 0 radical (unpaired) electrons. The molecule has 122 valence electrons. The van der Waals surface area contributed by atoms with Gasteiger partial charge in [-0.05, 0) is 25.7 Å². The first kappa shape index (κ1) is 15.3. The number of piperidine rings is 1. The third-order valence-electron chi connectivity index (χ3n) is 4.71. The Morgan fingerprint density at radius 3 is 2.45 bits per heavy atom. The molecule has 2 atom stereocenters. The van der Waals surface area contributed by atoms with Crippen molar-refractivity contribution in [3.8, 4) is 0 Å². The minimum Gasteiger partial charge on any atom is -0.480 e. The van der Waals surface area contributed by atoms with Crippen molar-refractivity contribution in [1.29, 1.82) is 0 Å². The van der Waals surface area contributed by atoms with Crippen LogP contribution in [0.5, 0.6) is 0 Å². The minimum atomic E-state index is -1.03. The van der Waals surface area contributed by atoms with Gasteiger partial charge in [0.25, 0.3) is 0 Å². The Bertz CT molecular complexity index is 477. The number of hydrogen-bond donors (Lipinski definition) is 1. The van der Waals surface area contributed by atoms with Crippen LogP contribution in [0, 0.1) is 11.8 Å². The first-order valence-corrected chi connectivity index (χ1v) is 7.97. The van der Waals surface area contributed by atoms with Gasteiger partial charge in [-0.15, -0.1) is 0 Å². The van der Waals surface area contributed by atoms with E-state index >= 15 is 0 Å². The summed E-state index contributed by atoms with van der Waals surface area (Å²) in [6.45, 7) is 1.86. The van der Waals surface area contributed by atoms with Gasteiger partial charge in [-0.25, -0.2) is 4.79 Å². The zero-order valence-corrected chi connectivity index (χ0v) is 12.6. The minimum absolute atomic E-state index is 0.0402. The number of carbonyl (C=O) groups is 3. The summed E-state index contributed by atoms with van der Waals surface area (Å²) in [4.78, 5) is 39.3. The molecule has 1 aliphatic carbocycles. The molecule has 1 saturated carbocycles. The number of carboxylic acid groups (broad SMARTS) is 1. The molecular weight excluding hydrogens is 288 g/mol. The third-order valence-corrected chi connectivity index (χ3v) is 4.71. The standard InChI is InChI=1S/C15H22N2O5/c18-13(10-3-4-10)16-5-1-2-11(8-16)14(19)17-6-7-22-9-12(17)15(20)21/h10-12H,1-9H2,(H,20,21). The van der Waals surface area contributed by atoms with Gasteiger partial charge in [0.2, 0.25) is 11.8 Å². The number of carbonyl (C=O) groups excluding carboxylic acids is 2. The number of ether oxygens (including phenoxy) is 1. The predicted octanol–water partition coefficient (Wildman–Crippen LogP) is -0.0530. The van der Waals surface area contributed by atoms with Gasteiger partial charge in [-0.3, -0.25) is 9.59 Å². The van der Waals surface area contributed by atoms with E-state index < -0.39 is 12.0 Å². The summed E-state index contributed by atoms with van der Waals surface area (Å²) < 4.78 is 5.17. The smallest absolute Gasteiger partial charge is 0.328 e. The SMILES string of the molecule is O=C(O)C1COCCN1C(=O)C1CCCN(C(=O)C2CC2)C1. The van der Waals surface area contributed by atoms with Crippen LogP contribution in [0.2, 0.25) is 0 Å². The highest BCUT2D eigenvalue weighted by Gasteiger charge is 2.40. The number of carboxylic acids is 1. The molecule has 2 amide bonds. The average molecular weight is 310 g/mol. The Balaban J connectivity index is 1.65. The van der Waals surface area contributed by atoms with Crippen molar-refractivity contribution in [1.82, 2.24) is 9.80 Å². The Morgan fingerprint density at radius 2 is 1.77 bits per heavy atom. The molecule has 0 aromatic carbocycles. The summed E-state index contributed by atoms with van der Waals surface area (Å²) in [5.41, 5.74) is 0. The molecule has 3 fully saturated rings. The normalized spacial score (nSPS) is 29.3. The van der Waals surface area contributed by atoms with Crippen LogP contribution in [0.25, 0.3) is 0 Å². The van der Waals surface area contributed by atoms with Gasteiger partial charge in [0.1, 0.15) is 0 Å². The predicted molar refractivity (Wildman–Crippen MR) is 76.0 cm³/mol. The van der Waals surface area contributed by atoms with Crippen LogP contribution in [-0.4, -0.2) is 71.6 Å². The van der Waals surface area contributed by atoms with Crippen LogP contribution >= 0.6 is 0 Å². The topological polar surface area (TPSA) is 87.2 Å². The van der Waals surface area contributed by atoms with Crippen molar-refractivity contribution in [3.05, 3.63) is 0 Å². The van der Waals surface area contributed by atoms with Crippen molar-refractivity contribution in [2.45, 2.75) is 31.7 Å². The fourth-order valence-electron chi connectivity index (χ4n) is 3.27. The van der Waals surface area contributed by atoms with Gasteiger partial charge in [0, 0.05) is 25.6 Å². The fraction of sp³-hybridized carbons (Fsp3) is 0.800. The molecule has 7 nitrogen and oxygen atoms in total. The van der Waals surface area contributed by atoms with Gasteiger partial charge in [-0.2, -0.15) is 0 Å². The van der Waals surface area contributed by atoms with Crippen LogP contribution in [-0.2, 0) is 19.1 Å². The molecule has 2 saturated heterocycles. The van der Waals surface area contributed by atoms with Crippen LogP contribution in [0.15, 0.2) is 0 Å². The van der Waals surface area contributed by atoms with Gasteiger partial charge in [-0.1, -0.05) is 0 Å². The lowest BCUT2D eigenvalue weighted by Crippen LogP contribution is -2.56. The summed E-state index contributed by atoms with van der Waals surface area (Å²) in [6.07, 6.45) is 3.44. The van der Waals surface area contributed by atoms with E-state index in [1.807, 2.05) is 0 Å². The lowest BCUT2D eigenvalue weighted by atomic mass is 9.95. The van der Waals surface area contributed by atoms with E-state index in [4.69, 9.17) is 4.74 Å². The molecule has 0 aromatic rings. The van der Waals surface area contributed by atoms with Gasteiger partial charge in [0.15, 0.2) is 6.04 Å². The Hall–Kier alpha value is -1.63. The first-order valence-electron chi connectivity index (χ1n) is 7.97. The van der Waals surface area contributed by atoms with E-state index in [2.05, 4.69) is 0 Å². The number of aliphatic carboxylic acids is 1. The maximum absolute atomic E-state index is 12.7. The second-order valence-corrected chi connectivity index (χ2v) is 6.36. The van der Waals surface area contributed by atoms with E-state index in [1.165, 1.54) is 4.90 Å². The number of nitrogens with zero attached hydrogens (tertiary/aromatic N) is 2. The van der Waals surface area contributed by atoms with E-state index in [0.29, 0.717) is 26.2 Å². The monoisotopic (exact) mass is 310 g/mol. The summed E-state index contributed by atoms with van der Waals surface area (Å²) in [5, 5.41) is 9.24. The largest absolute Gasteiger partial charge is 0.480 e. The number of rotatable bonds is 3. The summed E-state index contributed by atoms with van der Waals surface area (Å²) in [7, 11) is 0. The van der Waals surface area contributed by atoms with Crippen LogP contribution in [0.1, 0.15) is 25.7 Å². The Labute approximate surface area is 129 Å². The number of likely N-dealkylation sites (tertiary alicyclic amines) is 1. The van der Waals surface area contributed by atoms with Gasteiger partial charge in [0.05, 0.1) is 19.1 Å². The molecule has 2 aliphatic heterocycles. The molecule has 7 heteroatoms. The molecule has 0 aromatic heterocycles. The summed E-state index contributed by atoms with van der Waals surface area (Å²) >= 11 is 0. The maximum atomic E-state index is 12.7. The number of hydrogen-bond acceptors (Lipinski definition) is 4. The highest BCUT2D eigenvalue weighted by molar-refractivity contribution is 5.87. The molecule has 0 bridgehead atoms. The highest BCUT2D eigenvalue weighted by Crippen LogP contribution is 2.33. The van der Waals surface area contributed by atoms with Crippen LogP contribution in [0.4, 0.5) is 0 Å². The summed E-state index contributed by atoms with van der Waals surface area (Å²) in [5.74, 6) is -1.14. The maximum Gasteiger partial charge on any atom is 0.328 e. The van der Waals surface area contributed by atoms with E-state index in [9.17, 15) is 19.5 Å². The molecule has 2 unspecified atom stereocenters. The van der Waals surface area contributed by atoms with E-state index in [0.717, 1.165) is 25.7 Å². The zero-order chi connectivity index (χ0) is 15.7. The first-order chi connectivity index (χ1) is 10.6. The Kier molecular flexibility index (Phi) is 4.33. The number of amides is 2. The zero-order valence-electron chi connectivity index (χ0n) is 12.6.